The maximum Gasteiger partial charge on any atom is 0.270 e. The first-order valence-electron chi connectivity index (χ1n) is 7.96. The van der Waals surface area contributed by atoms with E-state index in [1.54, 1.807) is 30.4 Å². The van der Waals surface area contributed by atoms with Crippen molar-refractivity contribution in [1.29, 1.82) is 0 Å². The van der Waals surface area contributed by atoms with Gasteiger partial charge in [0.05, 0.1) is 6.10 Å². The number of hydrogen-bond donors (Lipinski definition) is 1. The van der Waals surface area contributed by atoms with Crippen molar-refractivity contribution >= 4 is 5.91 Å². The molecule has 1 saturated carbocycles. The Hall–Kier alpha value is -2.28. The van der Waals surface area contributed by atoms with Gasteiger partial charge in [0.2, 0.25) is 5.95 Å². The largest absolute Gasteiger partial charge is 0.381 e. The van der Waals surface area contributed by atoms with Crippen LogP contribution in [-0.4, -0.2) is 44.7 Å². The van der Waals surface area contributed by atoms with Gasteiger partial charge in [0.1, 0.15) is 12.0 Å². The maximum atomic E-state index is 12.7. The molecule has 7 heteroatoms. The molecule has 4 rings (SSSR count). The first kappa shape index (κ1) is 14.3. The predicted octanol–water partition coefficient (Wildman–Crippen LogP) is 1.06. The van der Waals surface area contributed by atoms with Crippen molar-refractivity contribution in [3.8, 4) is 5.95 Å². The number of amides is 1. The number of methoxy groups -OCH3 is 1. The fourth-order valence-electron chi connectivity index (χ4n) is 3.23. The number of nitrogens with one attached hydrogen (secondary N) is 1. The summed E-state index contributed by atoms with van der Waals surface area (Å²) in [4.78, 5) is 25.8. The van der Waals surface area contributed by atoms with E-state index in [1.165, 1.54) is 0 Å². The standard InChI is InChI=1S/C16H19N5O2/c1-23-11-7-10(8-11)18-15(22)14-12-3-2-4-13(12)19-16(20-14)21-6-5-17-9-21/h5-6,9-11H,2-4,7-8H2,1H3,(H,18,22). The number of ether oxygens (including phenoxy) is 1. The van der Waals surface area contributed by atoms with Crippen molar-refractivity contribution in [2.75, 3.05) is 7.11 Å². The first-order valence-corrected chi connectivity index (χ1v) is 7.96. The Morgan fingerprint density at radius 2 is 2.22 bits per heavy atom. The van der Waals surface area contributed by atoms with Crippen LogP contribution in [0.2, 0.25) is 0 Å². The summed E-state index contributed by atoms with van der Waals surface area (Å²) in [5, 5.41) is 3.07. The Labute approximate surface area is 134 Å². The van der Waals surface area contributed by atoms with Gasteiger partial charge in [-0.05, 0) is 32.1 Å². The van der Waals surface area contributed by atoms with E-state index in [0.717, 1.165) is 43.4 Å². The molecule has 23 heavy (non-hydrogen) atoms. The van der Waals surface area contributed by atoms with E-state index >= 15 is 0 Å². The molecule has 2 aromatic rings. The second-order valence-corrected chi connectivity index (χ2v) is 6.12. The second kappa shape index (κ2) is 5.73. The summed E-state index contributed by atoms with van der Waals surface area (Å²) in [6.45, 7) is 0. The molecule has 2 aromatic heterocycles. The van der Waals surface area contributed by atoms with Crippen LogP contribution in [0.25, 0.3) is 5.95 Å². The van der Waals surface area contributed by atoms with Gasteiger partial charge in [0.25, 0.3) is 5.91 Å². The van der Waals surface area contributed by atoms with Crippen LogP contribution in [0.15, 0.2) is 18.7 Å². The lowest BCUT2D eigenvalue weighted by atomic mass is 9.89. The van der Waals surface area contributed by atoms with Crippen LogP contribution < -0.4 is 5.32 Å². The zero-order chi connectivity index (χ0) is 15.8. The highest BCUT2D eigenvalue weighted by molar-refractivity contribution is 5.94. The monoisotopic (exact) mass is 313 g/mol. The smallest absolute Gasteiger partial charge is 0.270 e. The average molecular weight is 313 g/mol. The van der Waals surface area contributed by atoms with Crippen LogP contribution in [0.5, 0.6) is 0 Å². The van der Waals surface area contributed by atoms with Gasteiger partial charge in [0.15, 0.2) is 0 Å². The summed E-state index contributed by atoms with van der Waals surface area (Å²) >= 11 is 0. The van der Waals surface area contributed by atoms with E-state index in [2.05, 4.69) is 20.3 Å². The molecular weight excluding hydrogens is 294 g/mol. The summed E-state index contributed by atoms with van der Waals surface area (Å²) in [7, 11) is 1.71. The van der Waals surface area contributed by atoms with E-state index in [4.69, 9.17) is 4.74 Å². The molecule has 0 saturated heterocycles. The van der Waals surface area contributed by atoms with E-state index in [0.29, 0.717) is 11.6 Å². The van der Waals surface area contributed by atoms with Crippen molar-refractivity contribution in [2.45, 2.75) is 44.2 Å². The average Bonchev–Trinajstić information content (AvgIpc) is 3.19. The summed E-state index contributed by atoms with van der Waals surface area (Å²) < 4.78 is 6.99. The van der Waals surface area contributed by atoms with Gasteiger partial charge in [0, 0.05) is 36.8 Å². The molecule has 0 aromatic carbocycles. The van der Waals surface area contributed by atoms with Gasteiger partial charge in [-0.3, -0.25) is 9.36 Å². The minimum absolute atomic E-state index is 0.105. The highest BCUT2D eigenvalue weighted by Crippen LogP contribution is 2.26. The lowest BCUT2D eigenvalue weighted by Crippen LogP contribution is -2.47. The number of imidazole rings is 1. The Balaban J connectivity index is 1.61. The van der Waals surface area contributed by atoms with Crippen LogP contribution in [0.1, 0.15) is 41.0 Å². The van der Waals surface area contributed by atoms with Crippen molar-refractivity contribution in [3.05, 3.63) is 35.7 Å². The molecule has 0 atom stereocenters. The van der Waals surface area contributed by atoms with Gasteiger partial charge < -0.3 is 10.1 Å². The van der Waals surface area contributed by atoms with E-state index < -0.39 is 0 Å². The number of carbonyl (C=O) groups is 1. The third-order valence-corrected chi connectivity index (χ3v) is 4.64. The fourth-order valence-corrected chi connectivity index (χ4v) is 3.23. The second-order valence-electron chi connectivity index (χ2n) is 6.12. The number of aryl methyl sites for hydroxylation is 1. The van der Waals surface area contributed by atoms with Crippen molar-refractivity contribution in [3.63, 3.8) is 0 Å². The van der Waals surface area contributed by atoms with Gasteiger partial charge in [-0.1, -0.05) is 0 Å². The Morgan fingerprint density at radius 3 is 2.96 bits per heavy atom. The molecule has 1 N–H and O–H groups in total. The van der Waals surface area contributed by atoms with E-state index in [-0.39, 0.29) is 18.1 Å². The molecule has 0 bridgehead atoms. The number of hydrogen-bond acceptors (Lipinski definition) is 5. The predicted molar refractivity (Wildman–Crippen MR) is 82.5 cm³/mol. The molecule has 0 spiro atoms. The minimum Gasteiger partial charge on any atom is -0.381 e. The molecule has 2 aliphatic rings. The van der Waals surface area contributed by atoms with Crippen LogP contribution >= 0.6 is 0 Å². The molecule has 2 heterocycles. The molecular formula is C16H19N5O2. The summed E-state index contributed by atoms with van der Waals surface area (Å²) in [6, 6.07) is 0.177. The lowest BCUT2D eigenvalue weighted by Gasteiger charge is -2.34. The summed E-state index contributed by atoms with van der Waals surface area (Å²) in [5.74, 6) is 0.406. The highest BCUT2D eigenvalue weighted by atomic mass is 16.5. The van der Waals surface area contributed by atoms with E-state index in [1.807, 2.05) is 0 Å². The highest BCUT2D eigenvalue weighted by Gasteiger charge is 2.32. The molecule has 7 nitrogen and oxygen atoms in total. The molecule has 0 unspecified atom stereocenters. The molecule has 1 amide bonds. The topological polar surface area (TPSA) is 81.9 Å². The Bertz CT molecular complexity index is 722. The van der Waals surface area contributed by atoms with Crippen LogP contribution in [0, 0.1) is 0 Å². The maximum absolute atomic E-state index is 12.7. The number of carbonyl (C=O) groups excluding carboxylic acids is 1. The molecule has 0 radical (unpaired) electrons. The first-order chi connectivity index (χ1) is 11.2. The minimum atomic E-state index is -0.105. The van der Waals surface area contributed by atoms with Gasteiger partial charge in [-0.15, -0.1) is 0 Å². The number of fused-ring (bicyclic) bond motifs is 1. The van der Waals surface area contributed by atoms with Gasteiger partial charge in [-0.2, -0.15) is 0 Å². The van der Waals surface area contributed by atoms with Crippen molar-refractivity contribution in [1.82, 2.24) is 24.8 Å². The van der Waals surface area contributed by atoms with Crippen molar-refractivity contribution in [2.24, 2.45) is 0 Å². The van der Waals surface area contributed by atoms with Gasteiger partial charge >= 0.3 is 0 Å². The van der Waals surface area contributed by atoms with E-state index in [9.17, 15) is 4.79 Å². The quantitative estimate of drug-likeness (QED) is 0.912. The van der Waals surface area contributed by atoms with Gasteiger partial charge in [-0.25, -0.2) is 15.0 Å². The van der Waals surface area contributed by atoms with Crippen LogP contribution in [0.4, 0.5) is 0 Å². The Morgan fingerprint density at radius 1 is 1.35 bits per heavy atom. The summed E-state index contributed by atoms with van der Waals surface area (Å²) in [5.41, 5.74) is 2.49. The van der Waals surface area contributed by atoms with Crippen LogP contribution in [-0.2, 0) is 17.6 Å². The molecule has 120 valence electrons. The zero-order valence-electron chi connectivity index (χ0n) is 13.0. The molecule has 0 aliphatic heterocycles. The molecule has 1 fully saturated rings. The summed E-state index contributed by atoms with van der Waals surface area (Å²) in [6.07, 6.45) is 9.89. The normalized spacial score (nSPS) is 22.5. The number of rotatable bonds is 4. The fraction of sp³-hybridized carbons (Fsp3) is 0.500. The SMILES string of the molecule is COC1CC(NC(=O)c2nc(-n3ccnc3)nc3c2CCC3)C1. The van der Waals surface area contributed by atoms with Crippen LogP contribution in [0.3, 0.4) is 0 Å². The zero-order valence-corrected chi connectivity index (χ0v) is 13.0. The third-order valence-electron chi connectivity index (χ3n) is 4.64. The number of nitrogens with zero attached hydrogens (tertiary/aromatic N) is 4. The number of aromatic nitrogens is 4. The lowest BCUT2D eigenvalue weighted by molar-refractivity contribution is 0.0175. The van der Waals surface area contributed by atoms with Crippen molar-refractivity contribution < 1.29 is 9.53 Å². The molecule has 2 aliphatic carbocycles. The Kier molecular flexibility index (Phi) is 3.57. The third kappa shape index (κ3) is 2.61.